The maximum absolute atomic E-state index is 6.15. The van der Waals surface area contributed by atoms with Gasteiger partial charge in [0.25, 0.3) is 0 Å². The number of hydrogen-bond donors (Lipinski definition) is 1. The summed E-state index contributed by atoms with van der Waals surface area (Å²) >= 11 is 0. The van der Waals surface area contributed by atoms with Crippen LogP contribution in [0.4, 0.5) is 5.82 Å². The number of nitrogen functional groups attached to an aromatic ring is 1. The molecular weight excluding hydrogens is 392 g/mol. The van der Waals surface area contributed by atoms with E-state index in [0.29, 0.717) is 43.1 Å². The van der Waals surface area contributed by atoms with Gasteiger partial charge in [-0.25, -0.2) is 4.98 Å². The lowest BCUT2D eigenvalue weighted by Gasteiger charge is -2.11. The maximum atomic E-state index is 6.15. The van der Waals surface area contributed by atoms with Crippen molar-refractivity contribution in [2.45, 2.75) is 45.4 Å². The fraction of sp³-hybridized carbons (Fsp3) is 0.417. The summed E-state index contributed by atoms with van der Waals surface area (Å²) in [7, 11) is 0. The molecule has 0 saturated carbocycles. The Morgan fingerprint density at radius 3 is 2.45 bits per heavy atom. The topological polar surface area (TPSA) is 84.4 Å². The third kappa shape index (κ3) is 7.20. The largest absolute Gasteiger partial charge is 0.490 e. The zero-order valence-electron chi connectivity index (χ0n) is 18.2. The van der Waals surface area contributed by atoms with Gasteiger partial charge in [0, 0.05) is 12.3 Å². The number of nitrogens with two attached hydrogens (primary N) is 1. The summed E-state index contributed by atoms with van der Waals surface area (Å²) in [5.74, 6) is 2.87. The molecular formula is C24H32N4O3. The normalized spacial score (nSPS) is 10.7. The van der Waals surface area contributed by atoms with Crippen molar-refractivity contribution >= 4 is 5.82 Å². The highest BCUT2D eigenvalue weighted by atomic mass is 16.5. The van der Waals surface area contributed by atoms with Gasteiger partial charge >= 0.3 is 0 Å². The fourth-order valence-electron chi connectivity index (χ4n) is 3.15. The predicted molar refractivity (Wildman–Crippen MR) is 122 cm³/mol. The highest BCUT2D eigenvalue weighted by molar-refractivity contribution is 5.47. The van der Waals surface area contributed by atoms with Gasteiger partial charge in [-0.3, -0.25) is 0 Å². The number of nitrogens with zero attached hydrogens (tertiary/aromatic N) is 3. The van der Waals surface area contributed by atoms with Crippen LogP contribution in [-0.4, -0.2) is 34.6 Å². The third-order valence-corrected chi connectivity index (χ3v) is 4.77. The van der Waals surface area contributed by atoms with Crippen LogP contribution in [-0.2, 0) is 0 Å². The van der Waals surface area contributed by atoms with Gasteiger partial charge in [-0.05, 0) is 30.7 Å². The van der Waals surface area contributed by atoms with Crippen LogP contribution in [0.1, 0.15) is 45.4 Å². The van der Waals surface area contributed by atoms with Crippen LogP contribution in [0, 0.1) is 0 Å². The molecule has 7 heteroatoms. The molecule has 0 aliphatic heterocycles. The van der Waals surface area contributed by atoms with Crippen molar-refractivity contribution < 1.29 is 14.2 Å². The Morgan fingerprint density at radius 2 is 1.61 bits per heavy atom. The molecule has 0 aliphatic rings. The van der Waals surface area contributed by atoms with Crippen LogP contribution < -0.4 is 19.9 Å². The van der Waals surface area contributed by atoms with Gasteiger partial charge in [0.05, 0.1) is 6.61 Å². The minimum absolute atomic E-state index is 0.356. The quantitative estimate of drug-likeness (QED) is 0.365. The molecule has 2 heterocycles. The van der Waals surface area contributed by atoms with Crippen molar-refractivity contribution in [1.29, 1.82) is 0 Å². The highest BCUT2D eigenvalue weighted by Crippen LogP contribution is 2.25. The fourth-order valence-corrected chi connectivity index (χ4v) is 3.15. The molecule has 7 nitrogen and oxygen atoms in total. The lowest BCUT2D eigenvalue weighted by Crippen LogP contribution is -2.10. The van der Waals surface area contributed by atoms with E-state index in [1.807, 2.05) is 42.5 Å². The number of ether oxygens (including phenoxy) is 3. The Bertz CT molecular complexity index is 899. The van der Waals surface area contributed by atoms with E-state index in [4.69, 9.17) is 19.9 Å². The van der Waals surface area contributed by atoms with Gasteiger partial charge in [0.2, 0.25) is 5.88 Å². The molecule has 2 aromatic heterocycles. The second kappa shape index (κ2) is 12.5. The molecule has 2 N–H and O–H groups in total. The first-order valence-corrected chi connectivity index (χ1v) is 11.0. The molecule has 1 aromatic carbocycles. The molecule has 0 radical (unpaired) electrons. The number of benzene rings is 1. The van der Waals surface area contributed by atoms with E-state index in [0.717, 1.165) is 12.2 Å². The predicted octanol–water partition coefficient (Wildman–Crippen LogP) is 5.05. The van der Waals surface area contributed by atoms with Gasteiger partial charge in [-0.2, -0.15) is 4.68 Å². The number of para-hydroxylation sites is 1. The molecule has 0 atom stereocenters. The van der Waals surface area contributed by atoms with E-state index in [2.05, 4.69) is 17.0 Å². The summed E-state index contributed by atoms with van der Waals surface area (Å²) in [6.45, 7) is 3.64. The molecule has 0 bridgehead atoms. The van der Waals surface area contributed by atoms with Gasteiger partial charge in [0.1, 0.15) is 24.8 Å². The Kier molecular flexibility index (Phi) is 9.04. The first-order chi connectivity index (χ1) is 15.3. The second-order valence-corrected chi connectivity index (χ2v) is 7.27. The summed E-state index contributed by atoms with van der Waals surface area (Å²) < 4.78 is 18.8. The van der Waals surface area contributed by atoms with E-state index in [9.17, 15) is 0 Å². The van der Waals surface area contributed by atoms with Crippen molar-refractivity contribution in [2.24, 2.45) is 0 Å². The van der Waals surface area contributed by atoms with Crippen LogP contribution >= 0.6 is 0 Å². The number of hydrogen-bond acceptors (Lipinski definition) is 6. The molecule has 0 unspecified atom stereocenters. The number of aromatic nitrogens is 3. The molecule has 3 aromatic rings. The standard InChI is InChI=1S/C24H32N4O3/c1-2-3-4-5-6-10-16-30-21-14-11-15-26-24(21)28-22(25)19-23(27-28)31-18-17-29-20-12-8-7-9-13-20/h7-9,11-15,19H,2-6,10,16-18,25H2,1H3. The summed E-state index contributed by atoms with van der Waals surface area (Å²) in [5, 5.41) is 4.43. The number of rotatable bonds is 14. The average molecular weight is 425 g/mol. The third-order valence-electron chi connectivity index (χ3n) is 4.77. The van der Waals surface area contributed by atoms with Crippen LogP contribution in [0.3, 0.4) is 0 Å². The molecule has 166 valence electrons. The Hall–Kier alpha value is -3.22. The van der Waals surface area contributed by atoms with E-state index < -0.39 is 0 Å². The Balaban J connectivity index is 1.51. The van der Waals surface area contributed by atoms with Gasteiger partial charge in [-0.1, -0.05) is 57.2 Å². The van der Waals surface area contributed by atoms with Crippen LogP contribution in [0.5, 0.6) is 17.4 Å². The number of unbranched alkanes of at least 4 members (excludes halogenated alkanes) is 5. The van der Waals surface area contributed by atoms with E-state index >= 15 is 0 Å². The molecule has 0 saturated heterocycles. The second-order valence-electron chi connectivity index (χ2n) is 7.27. The number of anilines is 1. The Labute approximate surface area is 184 Å². The average Bonchev–Trinajstić information content (AvgIpc) is 3.17. The maximum Gasteiger partial charge on any atom is 0.235 e. The minimum atomic E-state index is 0.356. The van der Waals surface area contributed by atoms with Crippen molar-refractivity contribution in [3.8, 4) is 23.2 Å². The molecule has 0 spiro atoms. The summed E-state index contributed by atoms with van der Waals surface area (Å²) in [5.41, 5.74) is 6.15. The Morgan fingerprint density at radius 1 is 0.839 bits per heavy atom. The van der Waals surface area contributed by atoms with Crippen molar-refractivity contribution in [3.63, 3.8) is 0 Å². The first kappa shape index (κ1) is 22.5. The SMILES string of the molecule is CCCCCCCCOc1cccnc1-n1nc(OCCOc2ccccc2)cc1N. The lowest BCUT2D eigenvalue weighted by molar-refractivity contribution is 0.211. The summed E-state index contributed by atoms with van der Waals surface area (Å²) in [6, 6.07) is 15.0. The van der Waals surface area contributed by atoms with Crippen molar-refractivity contribution in [1.82, 2.24) is 14.8 Å². The highest BCUT2D eigenvalue weighted by Gasteiger charge is 2.14. The number of pyridine rings is 1. The molecule has 0 fully saturated rings. The van der Waals surface area contributed by atoms with Gasteiger partial charge in [0.15, 0.2) is 11.6 Å². The molecule has 0 amide bonds. The minimum Gasteiger partial charge on any atom is -0.490 e. The first-order valence-electron chi connectivity index (χ1n) is 11.0. The summed E-state index contributed by atoms with van der Waals surface area (Å²) in [4.78, 5) is 4.41. The molecule has 3 rings (SSSR count). The van der Waals surface area contributed by atoms with Gasteiger partial charge < -0.3 is 19.9 Å². The smallest absolute Gasteiger partial charge is 0.235 e. The van der Waals surface area contributed by atoms with E-state index in [1.165, 1.54) is 32.1 Å². The van der Waals surface area contributed by atoms with Gasteiger partial charge in [-0.15, -0.1) is 5.10 Å². The van der Waals surface area contributed by atoms with Crippen molar-refractivity contribution in [3.05, 3.63) is 54.7 Å². The monoisotopic (exact) mass is 424 g/mol. The molecule has 31 heavy (non-hydrogen) atoms. The summed E-state index contributed by atoms with van der Waals surface area (Å²) in [6.07, 6.45) is 8.98. The molecule has 0 aliphatic carbocycles. The van der Waals surface area contributed by atoms with Crippen LogP contribution in [0.2, 0.25) is 0 Å². The lowest BCUT2D eigenvalue weighted by atomic mass is 10.1. The van der Waals surface area contributed by atoms with E-state index in [1.54, 1.807) is 16.9 Å². The van der Waals surface area contributed by atoms with Crippen LogP contribution in [0.25, 0.3) is 5.82 Å². The zero-order chi connectivity index (χ0) is 21.7. The zero-order valence-corrected chi connectivity index (χ0v) is 18.2. The van der Waals surface area contributed by atoms with E-state index in [-0.39, 0.29) is 0 Å². The van der Waals surface area contributed by atoms with Crippen LogP contribution in [0.15, 0.2) is 54.7 Å². The van der Waals surface area contributed by atoms with Crippen molar-refractivity contribution in [2.75, 3.05) is 25.6 Å².